The normalized spacial score (nSPS) is 9.67. The van der Waals surface area contributed by atoms with E-state index in [1.54, 1.807) is 6.07 Å². The highest BCUT2D eigenvalue weighted by Gasteiger charge is 2.05. The van der Waals surface area contributed by atoms with Gasteiger partial charge in [-0.05, 0) is 0 Å². The van der Waals surface area contributed by atoms with Crippen molar-refractivity contribution in [1.29, 1.82) is 5.26 Å². The molecule has 0 bridgehead atoms. The monoisotopic (exact) mass is 122 g/mol. The lowest BCUT2D eigenvalue weighted by molar-refractivity contribution is 0.597. The van der Waals surface area contributed by atoms with Crippen molar-refractivity contribution in [2.24, 2.45) is 0 Å². The average Bonchev–Trinajstić information content (AvgIpc) is 1.35. The second kappa shape index (κ2) is 3.08. The van der Waals surface area contributed by atoms with Gasteiger partial charge in [0.2, 0.25) is 17.4 Å². The second-order valence-corrected chi connectivity index (χ2v) is 2.72. The van der Waals surface area contributed by atoms with Crippen LogP contribution < -0.4 is 0 Å². The van der Waals surface area contributed by atoms with E-state index in [0.717, 1.165) is 0 Å². The van der Waals surface area contributed by atoms with Gasteiger partial charge in [-0.25, -0.2) is 0 Å². The first-order valence-electron chi connectivity index (χ1n) is 1.24. The summed E-state index contributed by atoms with van der Waals surface area (Å²) in [6.45, 7) is 0. The van der Waals surface area contributed by atoms with Crippen LogP contribution in [0, 0.1) is 11.3 Å². The third kappa shape index (κ3) is 3.88. The zero-order chi connectivity index (χ0) is 4.99. The largest absolute Gasteiger partial charge is 0.469 e. The van der Waals surface area contributed by atoms with E-state index in [9.17, 15) is 4.57 Å². The quantitative estimate of drug-likeness (QED) is 0.495. The summed E-state index contributed by atoms with van der Waals surface area (Å²) in [4.78, 5) is 0. The van der Waals surface area contributed by atoms with E-state index in [2.05, 4.69) is 0 Å². The highest BCUT2D eigenvalue weighted by Crippen LogP contribution is 2.23. The van der Waals surface area contributed by atoms with Gasteiger partial charge in [-0.15, -0.1) is 0 Å². The summed E-state index contributed by atoms with van der Waals surface area (Å²) in [5, 5.41) is 7.72. The molecule has 6 heavy (non-hydrogen) atoms. The van der Waals surface area contributed by atoms with Gasteiger partial charge in [-0.1, -0.05) is 4.57 Å². The number of nitrogens with zero attached hydrogens (tertiary/aromatic N) is 1. The van der Waals surface area contributed by atoms with E-state index in [1.165, 1.54) is 0 Å². The number of hydrogen-bond donors (Lipinski definition) is 0. The lowest BCUT2D eigenvalue weighted by atomic mass is 10.9. The van der Waals surface area contributed by atoms with Crippen LogP contribution in [0.4, 0.5) is 0 Å². The molecule has 0 N–H and O–H groups in total. The van der Waals surface area contributed by atoms with Crippen molar-refractivity contribution in [3.05, 3.63) is 0 Å². The Labute approximate surface area is 41.3 Å². The summed E-state index contributed by atoms with van der Waals surface area (Å²) < 4.78 is 9.73. The van der Waals surface area contributed by atoms with Crippen LogP contribution in [0.2, 0.25) is 0 Å². The number of hydrogen-bond acceptors (Lipinski definition) is 2. The molecule has 0 aliphatic carbocycles. The SMILES string of the molecule is N#CC[P+](=O)Cl. The minimum atomic E-state index is -1.74. The van der Waals surface area contributed by atoms with E-state index in [-0.39, 0.29) is 6.16 Å². The van der Waals surface area contributed by atoms with Gasteiger partial charge in [0.1, 0.15) is 6.07 Å². The molecular formula is C2H2ClNOP+. The minimum absolute atomic E-state index is 0.0448. The van der Waals surface area contributed by atoms with E-state index < -0.39 is 7.15 Å². The molecule has 0 spiro atoms. The highest BCUT2D eigenvalue weighted by atomic mass is 35.7. The summed E-state index contributed by atoms with van der Waals surface area (Å²) in [6.07, 6.45) is -0.0448. The van der Waals surface area contributed by atoms with Crippen molar-refractivity contribution in [3.63, 3.8) is 0 Å². The van der Waals surface area contributed by atoms with E-state index in [4.69, 9.17) is 16.5 Å². The lowest BCUT2D eigenvalue weighted by Crippen LogP contribution is -1.56. The van der Waals surface area contributed by atoms with E-state index >= 15 is 0 Å². The number of rotatable bonds is 1. The predicted octanol–water partition coefficient (Wildman–Crippen LogP) is 1.49. The van der Waals surface area contributed by atoms with Crippen molar-refractivity contribution in [1.82, 2.24) is 0 Å². The Kier molecular flexibility index (Phi) is 3.02. The van der Waals surface area contributed by atoms with Crippen LogP contribution in [-0.2, 0) is 4.57 Å². The fraction of sp³-hybridized carbons (Fsp3) is 0.500. The average molecular weight is 122 g/mol. The van der Waals surface area contributed by atoms with Crippen LogP contribution in [0.3, 0.4) is 0 Å². The van der Waals surface area contributed by atoms with Gasteiger partial charge in [-0.2, -0.15) is 5.26 Å². The molecule has 1 unspecified atom stereocenters. The standard InChI is InChI=1S/C2H2ClNOP/c3-6(5)2-1-4/h2H2/q+1. The van der Waals surface area contributed by atoms with E-state index in [0.29, 0.717) is 0 Å². The van der Waals surface area contributed by atoms with Gasteiger partial charge in [0.25, 0.3) is 0 Å². The van der Waals surface area contributed by atoms with Gasteiger partial charge in [0.05, 0.1) is 0 Å². The molecule has 32 valence electrons. The molecule has 0 radical (unpaired) electrons. The Hall–Kier alpha value is -0.120. The lowest BCUT2D eigenvalue weighted by Gasteiger charge is -1.48. The van der Waals surface area contributed by atoms with Crippen LogP contribution in [-0.4, -0.2) is 6.16 Å². The third-order valence-corrected chi connectivity index (χ3v) is 0.944. The van der Waals surface area contributed by atoms with Gasteiger partial charge < -0.3 is 0 Å². The van der Waals surface area contributed by atoms with Crippen molar-refractivity contribution < 1.29 is 4.57 Å². The maximum Gasteiger partial charge on any atom is 0.469 e. The molecule has 0 aromatic rings. The maximum absolute atomic E-state index is 9.73. The Morgan fingerprint density at radius 1 is 2.00 bits per heavy atom. The highest BCUT2D eigenvalue weighted by molar-refractivity contribution is 7.73. The Balaban J connectivity index is 3.13. The second-order valence-electron chi connectivity index (χ2n) is 0.634. The van der Waals surface area contributed by atoms with Gasteiger partial charge in [0.15, 0.2) is 0 Å². The molecule has 0 heterocycles. The van der Waals surface area contributed by atoms with Crippen molar-refractivity contribution in [2.75, 3.05) is 6.16 Å². The van der Waals surface area contributed by atoms with Crippen LogP contribution in [0.25, 0.3) is 0 Å². The fourth-order valence-electron chi connectivity index (χ4n) is 0.0556. The maximum atomic E-state index is 9.73. The Morgan fingerprint density at radius 2 is 2.50 bits per heavy atom. The van der Waals surface area contributed by atoms with Gasteiger partial charge >= 0.3 is 7.15 Å². The first-order chi connectivity index (χ1) is 2.77. The van der Waals surface area contributed by atoms with Crippen molar-refractivity contribution in [3.8, 4) is 6.07 Å². The minimum Gasteiger partial charge on any atom is -0.194 e. The molecule has 0 aliphatic heterocycles. The summed E-state index contributed by atoms with van der Waals surface area (Å²) >= 11 is 4.86. The molecule has 0 fully saturated rings. The topological polar surface area (TPSA) is 40.9 Å². The molecule has 0 amide bonds. The molecule has 1 atom stereocenters. The van der Waals surface area contributed by atoms with Gasteiger partial charge in [0, 0.05) is 0 Å². The zero-order valence-corrected chi connectivity index (χ0v) is 4.54. The smallest absolute Gasteiger partial charge is 0.194 e. The van der Waals surface area contributed by atoms with E-state index in [1.807, 2.05) is 0 Å². The molecular weight excluding hydrogens is 120 g/mol. The van der Waals surface area contributed by atoms with Crippen LogP contribution >= 0.6 is 18.4 Å². The molecule has 4 heteroatoms. The van der Waals surface area contributed by atoms with Crippen molar-refractivity contribution in [2.45, 2.75) is 0 Å². The zero-order valence-electron chi connectivity index (χ0n) is 2.89. The number of halogens is 1. The van der Waals surface area contributed by atoms with Gasteiger partial charge in [-0.3, -0.25) is 0 Å². The van der Waals surface area contributed by atoms with Crippen molar-refractivity contribution >= 4 is 18.4 Å². The summed E-state index contributed by atoms with van der Waals surface area (Å²) in [5.41, 5.74) is 0. The Bertz CT molecular complexity index is 96.2. The predicted molar refractivity (Wildman–Crippen MR) is 23.9 cm³/mol. The summed E-state index contributed by atoms with van der Waals surface area (Å²) in [5.74, 6) is 0. The summed E-state index contributed by atoms with van der Waals surface area (Å²) in [6, 6.07) is 1.65. The molecule has 0 aliphatic rings. The molecule has 0 aromatic heterocycles. The molecule has 0 saturated carbocycles. The van der Waals surface area contributed by atoms with Crippen LogP contribution in [0.5, 0.6) is 0 Å². The third-order valence-electron chi connectivity index (χ3n) is 0.195. The fourth-order valence-corrected chi connectivity index (χ4v) is 0.327. The molecule has 0 aromatic carbocycles. The first-order valence-corrected chi connectivity index (χ1v) is 3.59. The molecule has 0 saturated heterocycles. The number of nitriles is 1. The first kappa shape index (κ1) is 5.88. The van der Waals surface area contributed by atoms with Crippen LogP contribution in [0.1, 0.15) is 0 Å². The molecule has 0 rings (SSSR count). The Morgan fingerprint density at radius 3 is 2.50 bits per heavy atom. The summed E-state index contributed by atoms with van der Waals surface area (Å²) in [7, 11) is -1.74. The van der Waals surface area contributed by atoms with Crippen LogP contribution in [0.15, 0.2) is 0 Å². The molecule has 2 nitrogen and oxygen atoms in total.